The number of thiophene rings is 1. The van der Waals surface area contributed by atoms with Crippen molar-refractivity contribution < 1.29 is 14.0 Å². The Morgan fingerprint density at radius 2 is 1.81 bits per heavy atom. The zero-order valence-corrected chi connectivity index (χ0v) is 21.3. The minimum atomic E-state index is -1.09. The molecule has 2 heterocycles. The number of carbonyl (C=O) groups excluding carboxylic acids is 2. The van der Waals surface area contributed by atoms with Crippen molar-refractivity contribution in [3.63, 3.8) is 0 Å². The third-order valence-corrected chi connectivity index (χ3v) is 6.16. The number of amides is 2. The van der Waals surface area contributed by atoms with Crippen LogP contribution < -0.4 is 10.2 Å². The standard InChI is InChI=1S/C26H27FN6O2S/c1-17-11-13-18(14-12-17)24-29-31-32(30-24)16-22(34)33(20-9-6-5-8-19(20)27)23(21-10-7-15-36-21)25(35)28-26(2,3)4/h5-15,23H,16H2,1-4H3,(H,28,35). The van der Waals surface area contributed by atoms with Crippen LogP contribution in [-0.4, -0.2) is 37.6 Å². The number of benzene rings is 2. The van der Waals surface area contributed by atoms with Gasteiger partial charge in [0.05, 0.1) is 5.69 Å². The molecule has 36 heavy (non-hydrogen) atoms. The molecule has 186 valence electrons. The van der Waals surface area contributed by atoms with Crippen molar-refractivity contribution in [2.45, 2.75) is 45.8 Å². The van der Waals surface area contributed by atoms with Crippen molar-refractivity contribution in [2.24, 2.45) is 0 Å². The predicted octanol–water partition coefficient (Wildman–Crippen LogP) is 4.54. The van der Waals surface area contributed by atoms with Gasteiger partial charge in [-0.1, -0.05) is 48.0 Å². The number of nitrogens with one attached hydrogen (secondary N) is 1. The molecule has 4 aromatic rings. The lowest BCUT2D eigenvalue weighted by atomic mass is 10.1. The fourth-order valence-electron chi connectivity index (χ4n) is 3.65. The van der Waals surface area contributed by atoms with E-state index in [-0.39, 0.29) is 12.2 Å². The number of rotatable bonds is 7. The van der Waals surface area contributed by atoms with Gasteiger partial charge in [0.1, 0.15) is 18.4 Å². The first kappa shape index (κ1) is 25.2. The van der Waals surface area contributed by atoms with Crippen molar-refractivity contribution in [1.29, 1.82) is 0 Å². The zero-order chi connectivity index (χ0) is 25.9. The van der Waals surface area contributed by atoms with Crippen molar-refractivity contribution in [3.05, 3.63) is 82.3 Å². The molecular weight excluding hydrogens is 479 g/mol. The molecule has 4 rings (SSSR count). The van der Waals surface area contributed by atoms with Crippen LogP contribution in [0.4, 0.5) is 10.1 Å². The Labute approximate surface area is 212 Å². The van der Waals surface area contributed by atoms with E-state index in [0.717, 1.165) is 15.9 Å². The van der Waals surface area contributed by atoms with Crippen LogP contribution in [0.3, 0.4) is 0 Å². The molecule has 2 aromatic carbocycles. The number of anilines is 1. The number of para-hydroxylation sites is 1. The van der Waals surface area contributed by atoms with Crippen LogP contribution in [0.15, 0.2) is 66.0 Å². The largest absolute Gasteiger partial charge is 0.349 e. The molecule has 0 spiro atoms. The summed E-state index contributed by atoms with van der Waals surface area (Å²) in [6.07, 6.45) is 0. The number of aromatic nitrogens is 4. The molecule has 10 heteroatoms. The molecule has 0 saturated heterocycles. The summed E-state index contributed by atoms with van der Waals surface area (Å²) in [4.78, 5) is 30.1. The molecule has 1 atom stereocenters. The first-order chi connectivity index (χ1) is 17.1. The van der Waals surface area contributed by atoms with Gasteiger partial charge in [0.15, 0.2) is 0 Å². The third kappa shape index (κ3) is 5.83. The van der Waals surface area contributed by atoms with Crippen molar-refractivity contribution >= 4 is 28.8 Å². The van der Waals surface area contributed by atoms with Crippen molar-refractivity contribution in [3.8, 4) is 11.4 Å². The van der Waals surface area contributed by atoms with E-state index in [1.807, 2.05) is 57.3 Å². The number of aryl methyl sites for hydroxylation is 1. The number of tetrazole rings is 1. The summed E-state index contributed by atoms with van der Waals surface area (Å²) in [7, 11) is 0. The van der Waals surface area contributed by atoms with Crippen LogP contribution >= 0.6 is 11.3 Å². The Balaban J connectivity index is 1.71. The molecular formula is C26H27FN6O2S. The first-order valence-electron chi connectivity index (χ1n) is 11.4. The molecule has 8 nitrogen and oxygen atoms in total. The van der Waals surface area contributed by atoms with Crippen LogP contribution in [0.25, 0.3) is 11.4 Å². The number of hydrogen-bond acceptors (Lipinski definition) is 6. The highest BCUT2D eigenvalue weighted by atomic mass is 32.1. The second-order valence-electron chi connectivity index (χ2n) is 9.38. The fraction of sp³-hybridized carbons (Fsp3) is 0.269. The summed E-state index contributed by atoms with van der Waals surface area (Å²) in [5.41, 5.74) is 1.28. The number of halogens is 1. The first-order valence-corrected chi connectivity index (χ1v) is 12.3. The van der Waals surface area contributed by atoms with Gasteiger partial charge in [-0.15, -0.1) is 21.5 Å². The molecule has 2 aromatic heterocycles. The lowest BCUT2D eigenvalue weighted by Gasteiger charge is -2.33. The molecule has 0 aliphatic heterocycles. The third-order valence-electron chi connectivity index (χ3n) is 5.24. The van der Waals surface area contributed by atoms with Gasteiger partial charge >= 0.3 is 0 Å². The van der Waals surface area contributed by atoms with Crippen molar-refractivity contribution in [1.82, 2.24) is 25.5 Å². The Morgan fingerprint density at radius 3 is 2.44 bits per heavy atom. The minimum absolute atomic E-state index is 0.0103. The van der Waals surface area contributed by atoms with E-state index >= 15 is 4.39 Å². The molecule has 0 fully saturated rings. The van der Waals surface area contributed by atoms with E-state index < -0.39 is 29.2 Å². The number of carbonyl (C=O) groups is 2. The highest BCUT2D eigenvalue weighted by Gasteiger charge is 2.36. The van der Waals surface area contributed by atoms with Gasteiger partial charge in [-0.05, 0) is 56.5 Å². The molecule has 0 aliphatic rings. The smallest absolute Gasteiger partial charge is 0.251 e. The van der Waals surface area contributed by atoms with Crippen LogP contribution in [0.5, 0.6) is 0 Å². The van der Waals surface area contributed by atoms with E-state index in [9.17, 15) is 9.59 Å². The lowest BCUT2D eigenvalue weighted by molar-refractivity contribution is -0.128. The van der Waals surface area contributed by atoms with E-state index in [1.54, 1.807) is 18.2 Å². The van der Waals surface area contributed by atoms with Gasteiger partial charge in [0.25, 0.3) is 5.91 Å². The van der Waals surface area contributed by atoms with E-state index in [4.69, 9.17) is 0 Å². The number of hydrogen-bond donors (Lipinski definition) is 1. The fourth-order valence-corrected chi connectivity index (χ4v) is 4.46. The quantitative estimate of drug-likeness (QED) is 0.397. The predicted molar refractivity (Wildman–Crippen MR) is 137 cm³/mol. The van der Waals surface area contributed by atoms with Crippen molar-refractivity contribution in [2.75, 3.05) is 4.90 Å². The summed E-state index contributed by atoms with van der Waals surface area (Å²) < 4.78 is 15.0. The zero-order valence-electron chi connectivity index (χ0n) is 20.5. The second-order valence-corrected chi connectivity index (χ2v) is 10.4. The van der Waals surface area contributed by atoms with Crippen LogP contribution in [0.2, 0.25) is 0 Å². The van der Waals surface area contributed by atoms with Crippen LogP contribution in [-0.2, 0) is 16.1 Å². The lowest BCUT2D eigenvalue weighted by Crippen LogP contribution is -2.50. The van der Waals surface area contributed by atoms with Gasteiger partial charge in [-0.25, -0.2) is 4.39 Å². The van der Waals surface area contributed by atoms with E-state index in [2.05, 4.69) is 20.7 Å². The summed E-state index contributed by atoms with van der Waals surface area (Å²) in [6.45, 7) is 7.18. The van der Waals surface area contributed by atoms with Gasteiger partial charge in [0.2, 0.25) is 11.7 Å². The van der Waals surface area contributed by atoms with Gasteiger partial charge < -0.3 is 5.32 Å². The maximum absolute atomic E-state index is 15.0. The highest BCUT2D eigenvalue weighted by molar-refractivity contribution is 7.10. The summed E-state index contributed by atoms with van der Waals surface area (Å²) >= 11 is 1.31. The topological polar surface area (TPSA) is 93.0 Å². The molecule has 0 saturated carbocycles. The molecule has 0 radical (unpaired) electrons. The molecule has 0 bridgehead atoms. The number of nitrogens with zero attached hydrogens (tertiary/aromatic N) is 5. The average molecular weight is 507 g/mol. The van der Waals surface area contributed by atoms with E-state index in [1.165, 1.54) is 34.4 Å². The maximum Gasteiger partial charge on any atom is 0.251 e. The monoisotopic (exact) mass is 506 g/mol. The maximum atomic E-state index is 15.0. The summed E-state index contributed by atoms with van der Waals surface area (Å²) in [5.74, 6) is -1.24. The van der Waals surface area contributed by atoms with Gasteiger partial charge in [-0.2, -0.15) is 4.80 Å². The molecule has 1 N–H and O–H groups in total. The molecule has 2 amide bonds. The van der Waals surface area contributed by atoms with Gasteiger partial charge in [0, 0.05) is 16.0 Å². The Bertz CT molecular complexity index is 1350. The SMILES string of the molecule is Cc1ccc(-c2nnn(CC(=O)N(c3ccccc3F)C(C(=O)NC(C)(C)C)c3cccs3)n2)cc1. The second kappa shape index (κ2) is 10.4. The minimum Gasteiger partial charge on any atom is -0.349 e. The van der Waals surface area contributed by atoms with Crippen LogP contribution in [0.1, 0.15) is 37.3 Å². The van der Waals surface area contributed by atoms with Gasteiger partial charge in [-0.3, -0.25) is 14.5 Å². The summed E-state index contributed by atoms with van der Waals surface area (Å²) in [5, 5.41) is 17.1. The normalized spacial score (nSPS) is 12.2. The van der Waals surface area contributed by atoms with E-state index in [0.29, 0.717) is 10.7 Å². The Kier molecular flexibility index (Phi) is 7.25. The Morgan fingerprint density at radius 1 is 1.08 bits per heavy atom. The molecule has 0 aliphatic carbocycles. The molecule has 1 unspecified atom stereocenters. The highest BCUT2D eigenvalue weighted by Crippen LogP contribution is 2.33. The average Bonchev–Trinajstić information content (AvgIpc) is 3.50. The Hall–Kier alpha value is -3.92. The summed E-state index contributed by atoms with van der Waals surface area (Å²) in [6, 6.07) is 15.9. The van der Waals surface area contributed by atoms with Crippen LogP contribution in [0, 0.1) is 12.7 Å².